The van der Waals surface area contributed by atoms with Gasteiger partial charge in [0.15, 0.2) is 0 Å². The zero-order valence-electron chi connectivity index (χ0n) is 13.1. The van der Waals surface area contributed by atoms with Crippen molar-refractivity contribution < 1.29 is 18.3 Å². The van der Waals surface area contributed by atoms with Crippen LogP contribution in [-0.4, -0.2) is 29.0 Å². The van der Waals surface area contributed by atoms with Crippen molar-refractivity contribution in [2.24, 2.45) is 0 Å². The maximum atomic E-state index is 12.4. The van der Waals surface area contributed by atoms with Gasteiger partial charge >= 0.3 is 0 Å². The van der Waals surface area contributed by atoms with E-state index in [1.54, 1.807) is 6.07 Å². The van der Waals surface area contributed by atoms with E-state index in [-0.39, 0.29) is 23.5 Å². The molecular formula is C14H14N4O6S. The average molecular weight is 366 g/mol. The molecule has 2 rings (SSSR count). The first-order valence-corrected chi connectivity index (χ1v) is 8.68. The third kappa shape index (κ3) is 4.26. The first kappa shape index (κ1) is 18.3. The summed E-state index contributed by atoms with van der Waals surface area (Å²) in [4.78, 5) is 24.3. The van der Waals surface area contributed by atoms with Gasteiger partial charge in [-0.2, -0.15) is 0 Å². The number of nitro benzene ring substituents is 2. The van der Waals surface area contributed by atoms with Gasteiger partial charge in [0.25, 0.3) is 11.4 Å². The summed E-state index contributed by atoms with van der Waals surface area (Å²) in [6, 6.07) is 6.12. The van der Waals surface area contributed by atoms with Crippen LogP contribution in [0, 0.1) is 20.2 Å². The Kier molecular flexibility index (Phi) is 5.27. The van der Waals surface area contributed by atoms with Crippen molar-refractivity contribution in [3.63, 3.8) is 0 Å². The number of rotatable bonds is 7. The van der Waals surface area contributed by atoms with Crippen molar-refractivity contribution in [1.29, 1.82) is 0 Å². The van der Waals surface area contributed by atoms with E-state index in [1.807, 2.05) is 0 Å². The fraction of sp³-hybridized carbons (Fsp3) is 0.214. The lowest BCUT2D eigenvalue weighted by atomic mass is 10.1. The second-order valence-electron chi connectivity index (χ2n) is 4.99. The minimum Gasteiger partial charge on any atom is -0.264 e. The predicted molar refractivity (Wildman–Crippen MR) is 89.6 cm³/mol. The second-order valence-corrected chi connectivity index (χ2v) is 7.17. The molecule has 25 heavy (non-hydrogen) atoms. The van der Waals surface area contributed by atoms with E-state index in [9.17, 15) is 28.6 Å². The number of aromatic nitrogens is 1. The maximum absolute atomic E-state index is 12.4. The number of hydrogen-bond donors (Lipinski definition) is 0. The van der Waals surface area contributed by atoms with Gasteiger partial charge in [-0.25, -0.2) is 8.42 Å². The van der Waals surface area contributed by atoms with Gasteiger partial charge in [0.05, 0.1) is 40.1 Å². The van der Waals surface area contributed by atoms with Crippen LogP contribution >= 0.6 is 0 Å². The van der Waals surface area contributed by atoms with E-state index in [0.29, 0.717) is 0 Å². The summed E-state index contributed by atoms with van der Waals surface area (Å²) >= 11 is 0. The lowest BCUT2D eigenvalue weighted by Gasteiger charge is -2.23. The third-order valence-corrected chi connectivity index (χ3v) is 5.09. The Morgan fingerprint density at radius 3 is 2.16 bits per heavy atom. The van der Waals surface area contributed by atoms with E-state index < -0.39 is 31.2 Å². The van der Waals surface area contributed by atoms with E-state index in [0.717, 1.165) is 22.5 Å². The third-order valence-electron chi connectivity index (χ3n) is 3.34. The largest absolute Gasteiger partial charge is 0.276 e. The highest BCUT2D eigenvalue weighted by Gasteiger charge is 2.24. The van der Waals surface area contributed by atoms with Crippen LogP contribution in [0.15, 0.2) is 42.7 Å². The number of hydrogen-bond acceptors (Lipinski definition) is 7. The van der Waals surface area contributed by atoms with Gasteiger partial charge in [-0.05, 0) is 24.6 Å². The summed E-state index contributed by atoms with van der Waals surface area (Å²) in [5.74, 6) is -0.209. The van der Waals surface area contributed by atoms with Gasteiger partial charge in [0.1, 0.15) is 0 Å². The molecule has 0 aliphatic rings. The molecule has 0 bridgehead atoms. The Morgan fingerprint density at radius 1 is 1.12 bits per heavy atom. The molecule has 0 fully saturated rings. The lowest BCUT2D eigenvalue weighted by Crippen LogP contribution is -2.32. The highest BCUT2D eigenvalue weighted by Crippen LogP contribution is 2.26. The summed E-state index contributed by atoms with van der Waals surface area (Å²) < 4.78 is 25.8. The molecule has 132 valence electrons. The quantitative estimate of drug-likeness (QED) is 0.541. The first-order valence-electron chi connectivity index (χ1n) is 7.08. The highest BCUT2D eigenvalue weighted by molar-refractivity contribution is 7.92. The lowest BCUT2D eigenvalue weighted by molar-refractivity contribution is -0.394. The van der Waals surface area contributed by atoms with Crippen LogP contribution in [0.3, 0.4) is 0 Å². The monoisotopic (exact) mass is 366 g/mol. The molecule has 2 aromatic rings. The van der Waals surface area contributed by atoms with Crippen LogP contribution < -0.4 is 4.31 Å². The summed E-state index contributed by atoms with van der Waals surface area (Å²) in [6.07, 6.45) is 2.80. The number of sulfonamides is 1. The number of nitro groups is 2. The molecule has 0 aliphatic heterocycles. The molecule has 0 saturated carbocycles. The molecule has 0 atom stereocenters. The molecule has 0 aliphatic carbocycles. The Balaban J connectivity index is 2.52. The molecule has 10 nitrogen and oxygen atoms in total. The van der Waals surface area contributed by atoms with E-state index >= 15 is 0 Å². The number of benzene rings is 1. The predicted octanol–water partition coefficient (Wildman–Crippen LogP) is 2.25. The van der Waals surface area contributed by atoms with Crippen LogP contribution in [0.2, 0.25) is 0 Å². The molecule has 11 heteroatoms. The number of pyridine rings is 1. The summed E-state index contributed by atoms with van der Waals surface area (Å²) in [5.41, 5.74) is -0.575. The molecule has 0 N–H and O–H groups in total. The van der Waals surface area contributed by atoms with Crippen molar-refractivity contribution >= 4 is 27.1 Å². The Morgan fingerprint density at radius 2 is 1.72 bits per heavy atom. The topological polar surface area (TPSA) is 137 Å². The van der Waals surface area contributed by atoms with Crippen LogP contribution in [0.5, 0.6) is 0 Å². The molecule has 1 aromatic heterocycles. The fourth-order valence-electron chi connectivity index (χ4n) is 2.13. The molecule has 0 unspecified atom stereocenters. The average Bonchev–Trinajstić information content (AvgIpc) is 2.59. The van der Waals surface area contributed by atoms with Crippen molar-refractivity contribution in [2.75, 3.05) is 10.1 Å². The van der Waals surface area contributed by atoms with E-state index in [1.165, 1.54) is 25.4 Å². The van der Waals surface area contributed by atoms with E-state index in [4.69, 9.17) is 0 Å². The van der Waals surface area contributed by atoms with E-state index in [2.05, 4.69) is 4.98 Å². The van der Waals surface area contributed by atoms with Crippen molar-refractivity contribution in [1.82, 2.24) is 4.98 Å². The van der Waals surface area contributed by atoms with Gasteiger partial charge in [-0.15, -0.1) is 0 Å². The second kappa shape index (κ2) is 7.21. The van der Waals surface area contributed by atoms with Crippen LogP contribution in [-0.2, 0) is 16.6 Å². The van der Waals surface area contributed by atoms with Gasteiger partial charge < -0.3 is 0 Å². The van der Waals surface area contributed by atoms with Crippen LogP contribution in [0.1, 0.15) is 12.5 Å². The molecule has 1 aromatic carbocycles. The van der Waals surface area contributed by atoms with Crippen molar-refractivity contribution in [2.45, 2.75) is 13.5 Å². The minimum absolute atomic E-state index is 0.127. The number of non-ortho nitro benzene ring substituents is 2. The molecule has 1 heterocycles. The molecular weight excluding hydrogens is 352 g/mol. The summed E-state index contributed by atoms with van der Waals surface area (Å²) in [5, 5.41) is 22.0. The Labute approximate surface area is 143 Å². The fourth-order valence-corrected chi connectivity index (χ4v) is 3.22. The van der Waals surface area contributed by atoms with Gasteiger partial charge in [-0.3, -0.25) is 29.5 Å². The summed E-state index contributed by atoms with van der Waals surface area (Å²) in [6.45, 7) is 1.17. The summed E-state index contributed by atoms with van der Waals surface area (Å²) in [7, 11) is -3.72. The van der Waals surface area contributed by atoms with Crippen molar-refractivity contribution in [3.05, 3.63) is 68.5 Å². The normalized spacial score (nSPS) is 11.1. The SMILES string of the molecule is CCS(=O)(=O)N(Cc1cc([N+](=O)[O-])cc([N+](=O)[O-])c1)c1cccnc1. The van der Waals surface area contributed by atoms with Gasteiger partial charge in [-0.1, -0.05) is 0 Å². The maximum Gasteiger partial charge on any atom is 0.276 e. The zero-order chi connectivity index (χ0) is 18.6. The standard InChI is InChI=1S/C14H14N4O6S/c1-2-25(23,24)16(12-4-3-5-15-9-12)10-11-6-13(17(19)20)8-14(7-11)18(21)22/h3-9H,2,10H2,1H3. The Bertz CT molecular complexity index is 869. The smallest absolute Gasteiger partial charge is 0.264 e. The highest BCUT2D eigenvalue weighted by atomic mass is 32.2. The zero-order valence-corrected chi connectivity index (χ0v) is 13.9. The number of anilines is 1. The van der Waals surface area contributed by atoms with Crippen molar-refractivity contribution in [3.8, 4) is 0 Å². The molecule has 0 amide bonds. The van der Waals surface area contributed by atoms with Gasteiger partial charge in [0.2, 0.25) is 10.0 Å². The minimum atomic E-state index is -3.72. The molecule has 0 saturated heterocycles. The Hall–Kier alpha value is -3.08. The number of nitrogens with zero attached hydrogens (tertiary/aromatic N) is 4. The van der Waals surface area contributed by atoms with Gasteiger partial charge in [0, 0.05) is 18.3 Å². The molecule has 0 spiro atoms. The molecule has 0 radical (unpaired) electrons. The first-order chi connectivity index (χ1) is 11.7. The van der Waals surface area contributed by atoms with Crippen LogP contribution in [0.25, 0.3) is 0 Å². The van der Waals surface area contributed by atoms with Crippen LogP contribution in [0.4, 0.5) is 17.1 Å².